The Morgan fingerprint density at radius 3 is 2.80 bits per heavy atom. The van der Waals surface area contributed by atoms with E-state index in [4.69, 9.17) is 9.47 Å². The summed E-state index contributed by atoms with van der Waals surface area (Å²) >= 11 is 0. The van der Waals surface area contributed by atoms with E-state index in [9.17, 15) is 0 Å². The number of hydrogen-bond acceptors (Lipinski definition) is 4. The fourth-order valence-corrected chi connectivity index (χ4v) is 2.69. The van der Waals surface area contributed by atoms with Gasteiger partial charge in [-0.2, -0.15) is 0 Å². The molecule has 0 saturated carbocycles. The molecule has 0 radical (unpaired) electrons. The molecule has 1 N–H and O–H groups in total. The van der Waals surface area contributed by atoms with Gasteiger partial charge in [-0.05, 0) is 43.6 Å². The van der Waals surface area contributed by atoms with Crippen LogP contribution in [0, 0.1) is 5.92 Å². The SMILES string of the molecule is CNCc1ccc(OCCN2CCC(COC)C2)cc1. The summed E-state index contributed by atoms with van der Waals surface area (Å²) in [6.07, 6.45) is 1.24. The van der Waals surface area contributed by atoms with E-state index in [0.717, 1.165) is 38.6 Å². The van der Waals surface area contributed by atoms with Crippen molar-refractivity contribution < 1.29 is 9.47 Å². The van der Waals surface area contributed by atoms with Gasteiger partial charge < -0.3 is 14.8 Å². The Balaban J connectivity index is 1.66. The molecule has 112 valence electrons. The molecule has 1 unspecified atom stereocenters. The Hall–Kier alpha value is -1.10. The van der Waals surface area contributed by atoms with Crippen LogP contribution in [-0.2, 0) is 11.3 Å². The molecule has 1 heterocycles. The van der Waals surface area contributed by atoms with Crippen LogP contribution in [0.4, 0.5) is 0 Å². The lowest BCUT2D eigenvalue weighted by Gasteiger charge is -2.16. The number of likely N-dealkylation sites (tertiary alicyclic amines) is 1. The highest BCUT2D eigenvalue weighted by Gasteiger charge is 2.21. The molecule has 1 aliphatic rings. The monoisotopic (exact) mass is 278 g/mol. The Kier molecular flexibility index (Phi) is 6.30. The van der Waals surface area contributed by atoms with Crippen LogP contribution in [0.1, 0.15) is 12.0 Å². The van der Waals surface area contributed by atoms with Gasteiger partial charge in [-0.15, -0.1) is 0 Å². The van der Waals surface area contributed by atoms with Crippen molar-refractivity contribution in [1.82, 2.24) is 10.2 Å². The van der Waals surface area contributed by atoms with Crippen LogP contribution in [0.2, 0.25) is 0 Å². The topological polar surface area (TPSA) is 33.7 Å². The molecule has 1 fully saturated rings. The molecule has 0 amide bonds. The van der Waals surface area contributed by atoms with E-state index in [1.165, 1.54) is 18.5 Å². The van der Waals surface area contributed by atoms with Crippen LogP contribution >= 0.6 is 0 Å². The lowest BCUT2D eigenvalue weighted by molar-refractivity contribution is 0.150. The molecule has 1 saturated heterocycles. The Labute approximate surface area is 122 Å². The van der Waals surface area contributed by atoms with Gasteiger partial charge in [-0.3, -0.25) is 4.90 Å². The zero-order valence-corrected chi connectivity index (χ0v) is 12.6. The summed E-state index contributed by atoms with van der Waals surface area (Å²) in [7, 11) is 3.74. The van der Waals surface area contributed by atoms with E-state index < -0.39 is 0 Å². The predicted molar refractivity (Wildman–Crippen MR) is 81.1 cm³/mol. The van der Waals surface area contributed by atoms with Crippen LogP contribution in [0.15, 0.2) is 24.3 Å². The summed E-state index contributed by atoms with van der Waals surface area (Å²) in [4.78, 5) is 2.46. The molecule has 1 atom stereocenters. The standard InChI is InChI=1S/C16H26N2O2/c1-17-11-14-3-5-16(6-4-14)20-10-9-18-8-7-15(12-18)13-19-2/h3-6,15,17H,7-13H2,1-2H3. The number of methoxy groups -OCH3 is 1. The number of rotatable bonds is 8. The highest BCUT2D eigenvalue weighted by atomic mass is 16.5. The van der Waals surface area contributed by atoms with Crippen LogP contribution in [0.5, 0.6) is 5.75 Å². The fraction of sp³-hybridized carbons (Fsp3) is 0.625. The van der Waals surface area contributed by atoms with Gasteiger partial charge in [-0.1, -0.05) is 12.1 Å². The molecule has 20 heavy (non-hydrogen) atoms. The van der Waals surface area contributed by atoms with Crippen molar-refractivity contribution in [1.29, 1.82) is 0 Å². The summed E-state index contributed by atoms with van der Waals surface area (Å²) in [6, 6.07) is 8.31. The third-order valence-corrected chi connectivity index (χ3v) is 3.75. The molecule has 0 spiro atoms. The zero-order chi connectivity index (χ0) is 14.2. The van der Waals surface area contributed by atoms with Gasteiger partial charge in [0.25, 0.3) is 0 Å². The van der Waals surface area contributed by atoms with Crippen LogP contribution < -0.4 is 10.1 Å². The molecular formula is C16H26N2O2. The third-order valence-electron chi connectivity index (χ3n) is 3.75. The molecule has 2 rings (SSSR count). The van der Waals surface area contributed by atoms with Crippen molar-refractivity contribution >= 4 is 0 Å². The molecule has 1 aromatic rings. The third kappa shape index (κ3) is 4.78. The summed E-state index contributed by atoms with van der Waals surface area (Å²) < 4.78 is 11.0. The first-order chi connectivity index (χ1) is 9.81. The van der Waals surface area contributed by atoms with E-state index in [1.807, 2.05) is 19.2 Å². The van der Waals surface area contributed by atoms with Crippen molar-refractivity contribution in [3.05, 3.63) is 29.8 Å². The summed E-state index contributed by atoms with van der Waals surface area (Å²) in [6.45, 7) is 5.83. The maximum atomic E-state index is 5.80. The van der Waals surface area contributed by atoms with Crippen molar-refractivity contribution in [3.63, 3.8) is 0 Å². The largest absolute Gasteiger partial charge is 0.492 e. The Morgan fingerprint density at radius 1 is 1.30 bits per heavy atom. The number of hydrogen-bond donors (Lipinski definition) is 1. The van der Waals surface area contributed by atoms with E-state index in [-0.39, 0.29) is 0 Å². The Bertz CT molecular complexity index is 381. The highest BCUT2D eigenvalue weighted by molar-refractivity contribution is 5.27. The van der Waals surface area contributed by atoms with Crippen molar-refractivity contribution in [2.45, 2.75) is 13.0 Å². The molecule has 0 bridgehead atoms. The maximum Gasteiger partial charge on any atom is 0.119 e. The number of ether oxygens (including phenoxy) is 2. The van der Waals surface area contributed by atoms with Gasteiger partial charge in [0.15, 0.2) is 0 Å². The molecule has 4 heteroatoms. The number of nitrogens with zero attached hydrogens (tertiary/aromatic N) is 1. The second-order valence-corrected chi connectivity index (χ2v) is 5.43. The normalized spacial score (nSPS) is 19.4. The minimum Gasteiger partial charge on any atom is -0.492 e. The van der Waals surface area contributed by atoms with Gasteiger partial charge in [0.2, 0.25) is 0 Å². The van der Waals surface area contributed by atoms with Crippen molar-refractivity contribution in [2.75, 3.05) is 47.0 Å². The molecular weight excluding hydrogens is 252 g/mol. The molecule has 0 aromatic heterocycles. The fourth-order valence-electron chi connectivity index (χ4n) is 2.69. The van der Waals surface area contributed by atoms with E-state index in [2.05, 4.69) is 22.3 Å². The average molecular weight is 278 g/mol. The van der Waals surface area contributed by atoms with Crippen molar-refractivity contribution in [3.8, 4) is 5.75 Å². The number of benzene rings is 1. The van der Waals surface area contributed by atoms with Crippen LogP contribution in [-0.4, -0.2) is 51.9 Å². The zero-order valence-electron chi connectivity index (χ0n) is 12.6. The summed E-state index contributed by atoms with van der Waals surface area (Å²) in [5.41, 5.74) is 1.28. The first-order valence-corrected chi connectivity index (χ1v) is 7.39. The first-order valence-electron chi connectivity index (χ1n) is 7.39. The predicted octanol–water partition coefficient (Wildman–Crippen LogP) is 1.75. The highest BCUT2D eigenvalue weighted by Crippen LogP contribution is 2.16. The van der Waals surface area contributed by atoms with E-state index >= 15 is 0 Å². The summed E-state index contributed by atoms with van der Waals surface area (Å²) in [5.74, 6) is 1.65. The quantitative estimate of drug-likeness (QED) is 0.785. The van der Waals surface area contributed by atoms with Crippen LogP contribution in [0.25, 0.3) is 0 Å². The van der Waals surface area contributed by atoms with Gasteiger partial charge in [0, 0.05) is 26.7 Å². The van der Waals surface area contributed by atoms with Gasteiger partial charge >= 0.3 is 0 Å². The minimum atomic E-state index is 0.695. The second-order valence-electron chi connectivity index (χ2n) is 5.43. The lowest BCUT2D eigenvalue weighted by Crippen LogP contribution is -2.26. The smallest absolute Gasteiger partial charge is 0.119 e. The summed E-state index contributed by atoms with van der Waals surface area (Å²) in [5, 5.41) is 3.14. The lowest BCUT2D eigenvalue weighted by atomic mass is 10.1. The average Bonchev–Trinajstić information content (AvgIpc) is 2.89. The van der Waals surface area contributed by atoms with Gasteiger partial charge in [0.05, 0.1) is 6.61 Å². The molecule has 1 aromatic carbocycles. The number of nitrogens with one attached hydrogen (secondary N) is 1. The van der Waals surface area contributed by atoms with E-state index in [0.29, 0.717) is 5.92 Å². The van der Waals surface area contributed by atoms with Crippen LogP contribution in [0.3, 0.4) is 0 Å². The maximum absolute atomic E-state index is 5.80. The van der Waals surface area contributed by atoms with Gasteiger partial charge in [0.1, 0.15) is 12.4 Å². The second kappa shape index (κ2) is 8.25. The van der Waals surface area contributed by atoms with Crippen molar-refractivity contribution in [2.24, 2.45) is 5.92 Å². The molecule has 4 nitrogen and oxygen atoms in total. The van der Waals surface area contributed by atoms with E-state index in [1.54, 1.807) is 7.11 Å². The van der Waals surface area contributed by atoms with Gasteiger partial charge in [-0.25, -0.2) is 0 Å². The molecule has 1 aliphatic heterocycles. The first kappa shape index (κ1) is 15.3. The minimum absolute atomic E-state index is 0.695. The Morgan fingerprint density at radius 2 is 2.10 bits per heavy atom. The molecule has 0 aliphatic carbocycles.